The molecule has 0 radical (unpaired) electrons. The van der Waals surface area contributed by atoms with Crippen LogP contribution in [0.5, 0.6) is 0 Å². The van der Waals surface area contributed by atoms with Gasteiger partial charge in [0.1, 0.15) is 5.60 Å². The Hall–Kier alpha value is -2.72. The molecule has 0 saturated carbocycles. The molecule has 0 bridgehead atoms. The number of thioether (sulfide) groups is 2. The Balaban J connectivity index is 1.66. The highest BCUT2D eigenvalue weighted by Gasteiger charge is 2.38. The fourth-order valence-electron chi connectivity index (χ4n) is 4.61. The van der Waals surface area contributed by atoms with E-state index in [4.69, 9.17) is 0 Å². The van der Waals surface area contributed by atoms with Crippen LogP contribution >= 0.6 is 23.5 Å². The SMILES string of the molecule is C[C@](O)(c1ccccc1)C1Sc2ccc3ccccc3c2-c2c(ccc3ccccc23)S1. The maximum atomic E-state index is 11.8. The predicted molar refractivity (Wildman–Crippen MR) is 138 cm³/mol. The van der Waals surface area contributed by atoms with E-state index in [1.165, 1.54) is 42.5 Å². The van der Waals surface area contributed by atoms with Crippen LogP contribution in [0.2, 0.25) is 0 Å². The quantitative estimate of drug-likeness (QED) is 0.293. The Morgan fingerprint density at radius 2 is 1.06 bits per heavy atom. The highest BCUT2D eigenvalue weighted by molar-refractivity contribution is 8.17. The summed E-state index contributed by atoms with van der Waals surface area (Å²) in [5.74, 6) is 0. The number of hydrogen-bond acceptors (Lipinski definition) is 3. The second-order valence-corrected chi connectivity index (χ2v) is 11.0. The molecule has 1 atom stereocenters. The molecule has 1 nitrogen and oxygen atoms in total. The van der Waals surface area contributed by atoms with Gasteiger partial charge in [0.2, 0.25) is 0 Å². The summed E-state index contributed by atoms with van der Waals surface area (Å²) in [7, 11) is 0. The van der Waals surface area contributed by atoms with E-state index in [-0.39, 0.29) is 4.58 Å². The van der Waals surface area contributed by atoms with Gasteiger partial charge in [0.15, 0.2) is 0 Å². The Morgan fingerprint density at radius 1 is 0.594 bits per heavy atom. The van der Waals surface area contributed by atoms with E-state index in [0.717, 1.165) is 5.56 Å². The van der Waals surface area contributed by atoms with Crippen LogP contribution in [0, 0.1) is 0 Å². The Kier molecular flexibility index (Phi) is 4.80. The third kappa shape index (κ3) is 3.15. The smallest absolute Gasteiger partial charge is 0.108 e. The largest absolute Gasteiger partial charge is 0.383 e. The van der Waals surface area contributed by atoms with Crippen molar-refractivity contribution >= 4 is 45.1 Å². The molecule has 1 aliphatic heterocycles. The molecule has 0 saturated heterocycles. The lowest BCUT2D eigenvalue weighted by atomic mass is 9.94. The topological polar surface area (TPSA) is 20.2 Å². The zero-order chi connectivity index (χ0) is 21.7. The van der Waals surface area contributed by atoms with Crippen molar-refractivity contribution in [2.45, 2.75) is 26.9 Å². The molecule has 6 rings (SSSR count). The van der Waals surface area contributed by atoms with Crippen molar-refractivity contribution in [3.63, 3.8) is 0 Å². The van der Waals surface area contributed by atoms with Crippen LogP contribution in [-0.4, -0.2) is 9.69 Å². The highest BCUT2D eigenvalue weighted by atomic mass is 32.2. The molecule has 0 unspecified atom stereocenters. The van der Waals surface area contributed by atoms with Gasteiger partial charge in [-0.25, -0.2) is 0 Å². The Labute approximate surface area is 196 Å². The number of aliphatic hydroxyl groups is 1. The summed E-state index contributed by atoms with van der Waals surface area (Å²) in [5.41, 5.74) is 2.50. The standard InChI is InChI=1S/C29H22OS2/c1-29(30,21-11-3-2-4-12-21)28-31-24-17-15-19-9-5-7-13-22(19)26(24)27-23-14-8-6-10-20(23)16-18-25(27)32-28/h2-18,28,30H,1H3/t29-/m0/s1. The minimum atomic E-state index is -0.993. The first-order valence-electron chi connectivity index (χ1n) is 10.8. The fourth-order valence-corrected chi connectivity index (χ4v) is 7.57. The normalized spacial score (nSPS) is 15.7. The molecule has 1 N–H and O–H groups in total. The second kappa shape index (κ2) is 7.70. The van der Waals surface area contributed by atoms with Crippen LogP contribution in [0.3, 0.4) is 0 Å². The van der Waals surface area contributed by atoms with Crippen molar-refractivity contribution in [3.05, 3.63) is 109 Å². The maximum Gasteiger partial charge on any atom is 0.108 e. The second-order valence-electron chi connectivity index (χ2n) is 8.40. The van der Waals surface area contributed by atoms with Crippen LogP contribution in [0.4, 0.5) is 0 Å². The van der Waals surface area contributed by atoms with Crippen molar-refractivity contribution in [1.82, 2.24) is 0 Å². The molecule has 0 spiro atoms. The fraction of sp³-hybridized carbons (Fsp3) is 0.103. The predicted octanol–water partition coefficient (Wildman–Crippen LogP) is 8.09. The first kappa shape index (κ1) is 19.9. The van der Waals surface area contributed by atoms with Crippen molar-refractivity contribution in [3.8, 4) is 11.1 Å². The van der Waals surface area contributed by atoms with Gasteiger partial charge in [-0.2, -0.15) is 0 Å². The molecule has 1 heterocycles. The molecule has 1 aliphatic rings. The van der Waals surface area contributed by atoms with Crippen LogP contribution < -0.4 is 0 Å². The van der Waals surface area contributed by atoms with Gasteiger partial charge < -0.3 is 5.11 Å². The van der Waals surface area contributed by atoms with E-state index < -0.39 is 5.60 Å². The van der Waals surface area contributed by atoms with E-state index in [1.54, 1.807) is 23.5 Å². The van der Waals surface area contributed by atoms with Gasteiger partial charge in [-0.05, 0) is 46.2 Å². The van der Waals surface area contributed by atoms with Crippen LogP contribution in [0.15, 0.2) is 113 Å². The number of rotatable bonds is 2. The van der Waals surface area contributed by atoms with Gasteiger partial charge in [-0.15, -0.1) is 23.5 Å². The lowest BCUT2D eigenvalue weighted by Gasteiger charge is -2.32. The van der Waals surface area contributed by atoms with Crippen LogP contribution in [-0.2, 0) is 5.60 Å². The summed E-state index contributed by atoms with van der Waals surface area (Å²) in [6, 6.07) is 36.1. The van der Waals surface area contributed by atoms with E-state index in [1.807, 2.05) is 37.3 Å². The van der Waals surface area contributed by atoms with Gasteiger partial charge in [-0.3, -0.25) is 0 Å². The summed E-state index contributed by atoms with van der Waals surface area (Å²) in [6.45, 7) is 1.94. The molecule has 0 aliphatic carbocycles. The number of fused-ring (bicyclic) bond motifs is 7. The minimum Gasteiger partial charge on any atom is -0.383 e. The molecule has 156 valence electrons. The molecule has 3 heteroatoms. The van der Waals surface area contributed by atoms with E-state index in [0.29, 0.717) is 0 Å². The molecule has 0 fully saturated rings. The Morgan fingerprint density at radius 3 is 1.59 bits per heavy atom. The van der Waals surface area contributed by atoms with E-state index in [2.05, 4.69) is 72.8 Å². The molecular weight excluding hydrogens is 428 g/mol. The summed E-state index contributed by atoms with van der Waals surface area (Å²) >= 11 is 3.55. The van der Waals surface area contributed by atoms with Crippen molar-refractivity contribution in [1.29, 1.82) is 0 Å². The third-order valence-electron chi connectivity index (χ3n) is 6.32. The third-order valence-corrected chi connectivity index (χ3v) is 9.43. The molecule has 32 heavy (non-hydrogen) atoms. The highest BCUT2D eigenvalue weighted by Crippen LogP contribution is 2.56. The molecule has 5 aromatic rings. The summed E-state index contributed by atoms with van der Waals surface area (Å²) in [5, 5.41) is 16.8. The monoisotopic (exact) mass is 450 g/mol. The summed E-state index contributed by atoms with van der Waals surface area (Å²) in [6.07, 6.45) is 0. The maximum absolute atomic E-state index is 11.8. The van der Waals surface area contributed by atoms with Gasteiger partial charge in [0, 0.05) is 20.9 Å². The lowest BCUT2D eigenvalue weighted by Crippen LogP contribution is -2.31. The van der Waals surface area contributed by atoms with Crippen LogP contribution in [0.1, 0.15) is 12.5 Å². The first-order valence-corrected chi connectivity index (χ1v) is 12.5. The van der Waals surface area contributed by atoms with Crippen molar-refractivity contribution in [2.24, 2.45) is 0 Å². The van der Waals surface area contributed by atoms with E-state index in [9.17, 15) is 5.11 Å². The van der Waals surface area contributed by atoms with Crippen molar-refractivity contribution in [2.75, 3.05) is 0 Å². The summed E-state index contributed by atoms with van der Waals surface area (Å²) in [4.78, 5) is 2.43. The Bertz CT molecular complexity index is 1370. The lowest BCUT2D eigenvalue weighted by molar-refractivity contribution is 0.0756. The number of benzene rings is 5. The zero-order valence-corrected chi connectivity index (χ0v) is 19.3. The number of hydrogen-bond donors (Lipinski definition) is 1. The van der Waals surface area contributed by atoms with Crippen LogP contribution in [0.25, 0.3) is 32.7 Å². The van der Waals surface area contributed by atoms with Gasteiger partial charge in [0.25, 0.3) is 0 Å². The van der Waals surface area contributed by atoms with E-state index >= 15 is 0 Å². The summed E-state index contributed by atoms with van der Waals surface area (Å²) < 4.78 is -0.0905. The molecular formula is C29H22OS2. The molecule has 0 amide bonds. The van der Waals surface area contributed by atoms with Gasteiger partial charge >= 0.3 is 0 Å². The first-order chi connectivity index (χ1) is 15.6. The minimum absolute atomic E-state index is 0.0905. The van der Waals surface area contributed by atoms with Gasteiger partial charge in [-0.1, -0.05) is 91.0 Å². The van der Waals surface area contributed by atoms with Gasteiger partial charge in [0.05, 0.1) is 4.58 Å². The average Bonchev–Trinajstić information content (AvgIpc) is 3.02. The zero-order valence-electron chi connectivity index (χ0n) is 17.7. The molecule has 0 aromatic heterocycles. The van der Waals surface area contributed by atoms with Crippen molar-refractivity contribution < 1.29 is 5.11 Å². The average molecular weight is 451 g/mol. The molecule has 5 aromatic carbocycles.